The lowest BCUT2D eigenvalue weighted by Gasteiger charge is -2.31. The second-order valence-electron chi connectivity index (χ2n) is 8.07. The molecule has 2 N–H and O–H groups in total. The van der Waals surface area contributed by atoms with E-state index >= 15 is 0 Å². The minimum absolute atomic E-state index is 0.176. The zero-order chi connectivity index (χ0) is 18.5. The standard InChI is InChI=1S/C23H31N3O/c27-23(24-13-10-18-6-2-1-3-7-18)17-26-14-11-19(12-15-26)22-16-20-8-4-5-9-21(20)25-22/h4-6,8-9,16,19,25H,1-3,7,10-15,17H2,(H,24,27). The number of likely N-dealkylation sites (tertiary alicyclic amines) is 1. The third kappa shape index (κ3) is 4.81. The van der Waals surface area contributed by atoms with Gasteiger partial charge in [0.15, 0.2) is 0 Å². The molecule has 4 rings (SSSR count). The van der Waals surface area contributed by atoms with Gasteiger partial charge >= 0.3 is 0 Å². The number of hydrogen-bond acceptors (Lipinski definition) is 2. The van der Waals surface area contributed by atoms with Gasteiger partial charge in [0.05, 0.1) is 6.54 Å². The van der Waals surface area contributed by atoms with Gasteiger partial charge in [0.1, 0.15) is 0 Å². The highest BCUT2D eigenvalue weighted by atomic mass is 16.2. The van der Waals surface area contributed by atoms with Gasteiger partial charge in [0.2, 0.25) is 5.91 Å². The van der Waals surface area contributed by atoms with Gasteiger partial charge in [-0.1, -0.05) is 29.8 Å². The number of carbonyl (C=O) groups is 1. The van der Waals surface area contributed by atoms with Crippen LogP contribution in [-0.4, -0.2) is 42.0 Å². The Hall–Kier alpha value is -2.07. The predicted octanol–water partition coefficient (Wildman–Crippen LogP) is 4.35. The van der Waals surface area contributed by atoms with Crippen molar-refractivity contribution in [3.8, 4) is 0 Å². The van der Waals surface area contributed by atoms with E-state index in [0.717, 1.165) is 38.9 Å². The minimum atomic E-state index is 0.176. The lowest BCUT2D eigenvalue weighted by molar-refractivity contribution is -0.122. The molecule has 144 valence electrons. The van der Waals surface area contributed by atoms with Crippen LogP contribution in [0, 0.1) is 0 Å². The summed E-state index contributed by atoms with van der Waals surface area (Å²) in [6, 6.07) is 10.8. The quantitative estimate of drug-likeness (QED) is 0.748. The molecule has 1 aliphatic heterocycles. The van der Waals surface area contributed by atoms with Gasteiger partial charge in [-0.05, 0) is 75.6 Å². The SMILES string of the molecule is O=C(CN1CCC(c2cc3ccccc3[nH]2)CC1)NCCC1=CCCCC1. The Morgan fingerprint density at radius 2 is 2.04 bits per heavy atom. The number of fused-ring (bicyclic) bond motifs is 1. The number of carbonyl (C=O) groups excluding carboxylic acids is 1. The molecule has 1 amide bonds. The maximum atomic E-state index is 12.2. The van der Waals surface area contributed by atoms with Crippen LogP contribution in [-0.2, 0) is 4.79 Å². The fraction of sp³-hybridized carbons (Fsp3) is 0.522. The summed E-state index contributed by atoms with van der Waals surface area (Å²) in [5.74, 6) is 0.755. The molecule has 0 saturated carbocycles. The van der Waals surface area contributed by atoms with Crippen molar-refractivity contribution in [3.63, 3.8) is 0 Å². The van der Waals surface area contributed by atoms with E-state index in [-0.39, 0.29) is 5.91 Å². The van der Waals surface area contributed by atoms with Crippen molar-refractivity contribution in [1.29, 1.82) is 0 Å². The Kier molecular flexibility index (Phi) is 5.93. The number of H-pyrrole nitrogens is 1. The topological polar surface area (TPSA) is 48.1 Å². The summed E-state index contributed by atoms with van der Waals surface area (Å²) in [6.07, 6.45) is 10.7. The smallest absolute Gasteiger partial charge is 0.234 e. The van der Waals surface area contributed by atoms with Crippen LogP contribution in [0.25, 0.3) is 10.9 Å². The number of benzene rings is 1. The molecule has 0 spiro atoms. The first-order chi connectivity index (χ1) is 13.3. The molecule has 0 radical (unpaired) electrons. The summed E-state index contributed by atoms with van der Waals surface area (Å²) in [7, 11) is 0. The summed E-state index contributed by atoms with van der Waals surface area (Å²) in [4.78, 5) is 18.1. The number of amides is 1. The van der Waals surface area contributed by atoms with Gasteiger partial charge in [0, 0.05) is 23.7 Å². The second-order valence-corrected chi connectivity index (χ2v) is 8.07. The molecular formula is C23H31N3O. The van der Waals surface area contributed by atoms with E-state index in [2.05, 4.69) is 51.6 Å². The zero-order valence-corrected chi connectivity index (χ0v) is 16.2. The average molecular weight is 366 g/mol. The predicted molar refractivity (Wildman–Crippen MR) is 111 cm³/mol. The van der Waals surface area contributed by atoms with Crippen molar-refractivity contribution in [1.82, 2.24) is 15.2 Å². The van der Waals surface area contributed by atoms with Crippen LogP contribution in [0.3, 0.4) is 0 Å². The van der Waals surface area contributed by atoms with Crippen LogP contribution in [0.2, 0.25) is 0 Å². The van der Waals surface area contributed by atoms with Gasteiger partial charge in [-0.25, -0.2) is 0 Å². The Bertz CT molecular complexity index is 766. The molecule has 1 fully saturated rings. The number of piperidine rings is 1. The van der Waals surface area contributed by atoms with Crippen LogP contribution < -0.4 is 5.32 Å². The maximum Gasteiger partial charge on any atom is 0.234 e. The molecule has 1 aromatic heterocycles. The summed E-state index contributed by atoms with van der Waals surface area (Å²) in [5.41, 5.74) is 4.10. The van der Waals surface area contributed by atoms with E-state index in [1.54, 1.807) is 0 Å². The van der Waals surface area contributed by atoms with Crippen molar-refractivity contribution in [3.05, 3.63) is 47.7 Å². The van der Waals surface area contributed by atoms with Crippen LogP contribution in [0.5, 0.6) is 0 Å². The summed E-state index contributed by atoms with van der Waals surface area (Å²) < 4.78 is 0. The molecule has 0 atom stereocenters. The molecule has 4 nitrogen and oxygen atoms in total. The summed E-state index contributed by atoms with van der Waals surface area (Å²) in [5, 5.41) is 4.40. The van der Waals surface area contributed by atoms with Gasteiger partial charge in [-0.3, -0.25) is 9.69 Å². The third-order valence-electron chi connectivity index (χ3n) is 6.10. The minimum Gasteiger partial charge on any atom is -0.358 e. The zero-order valence-electron chi connectivity index (χ0n) is 16.2. The van der Waals surface area contributed by atoms with Crippen molar-refractivity contribution < 1.29 is 4.79 Å². The number of rotatable bonds is 6. The number of nitrogens with one attached hydrogen (secondary N) is 2. The van der Waals surface area contributed by atoms with E-state index in [4.69, 9.17) is 0 Å². The summed E-state index contributed by atoms with van der Waals surface area (Å²) in [6.45, 7) is 3.33. The largest absolute Gasteiger partial charge is 0.358 e. The van der Waals surface area contributed by atoms with E-state index < -0.39 is 0 Å². The second kappa shape index (κ2) is 8.75. The van der Waals surface area contributed by atoms with Crippen LogP contribution in [0.4, 0.5) is 0 Å². The van der Waals surface area contributed by atoms with Gasteiger partial charge in [-0.2, -0.15) is 0 Å². The molecule has 0 unspecified atom stereocenters. The molecule has 2 aromatic rings. The third-order valence-corrected chi connectivity index (χ3v) is 6.10. The molecule has 4 heteroatoms. The van der Waals surface area contributed by atoms with E-state index in [0.29, 0.717) is 12.5 Å². The first kappa shape index (κ1) is 18.3. The highest BCUT2D eigenvalue weighted by Crippen LogP contribution is 2.29. The average Bonchev–Trinajstić information content (AvgIpc) is 3.13. The Morgan fingerprint density at radius 3 is 2.81 bits per heavy atom. The number of aromatic amines is 1. The first-order valence-electron chi connectivity index (χ1n) is 10.5. The lowest BCUT2D eigenvalue weighted by atomic mass is 9.93. The van der Waals surface area contributed by atoms with Crippen molar-refractivity contribution in [2.75, 3.05) is 26.2 Å². The lowest BCUT2D eigenvalue weighted by Crippen LogP contribution is -2.41. The summed E-state index contributed by atoms with van der Waals surface area (Å²) >= 11 is 0. The van der Waals surface area contributed by atoms with Crippen molar-refractivity contribution >= 4 is 16.8 Å². The molecule has 2 aliphatic rings. The number of aromatic nitrogens is 1. The van der Waals surface area contributed by atoms with Gasteiger partial charge in [0.25, 0.3) is 0 Å². The maximum absolute atomic E-state index is 12.2. The normalized spacial score (nSPS) is 19.2. The molecular weight excluding hydrogens is 334 g/mol. The van der Waals surface area contributed by atoms with E-state index in [9.17, 15) is 4.79 Å². The number of allylic oxidation sites excluding steroid dienone is 1. The molecule has 1 aromatic carbocycles. The monoisotopic (exact) mass is 365 g/mol. The van der Waals surface area contributed by atoms with Crippen LogP contribution in [0.1, 0.15) is 56.6 Å². The van der Waals surface area contributed by atoms with Gasteiger partial charge < -0.3 is 10.3 Å². The van der Waals surface area contributed by atoms with Gasteiger partial charge in [-0.15, -0.1) is 0 Å². The highest BCUT2D eigenvalue weighted by molar-refractivity contribution is 5.80. The number of para-hydroxylation sites is 1. The van der Waals surface area contributed by atoms with Crippen molar-refractivity contribution in [2.24, 2.45) is 0 Å². The fourth-order valence-corrected chi connectivity index (χ4v) is 4.47. The van der Waals surface area contributed by atoms with Crippen LogP contribution in [0.15, 0.2) is 42.0 Å². The molecule has 1 saturated heterocycles. The number of hydrogen-bond donors (Lipinski definition) is 2. The molecule has 1 aliphatic carbocycles. The van der Waals surface area contributed by atoms with Crippen LogP contribution >= 0.6 is 0 Å². The molecule has 0 bridgehead atoms. The number of nitrogens with zero attached hydrogens (tertiary/aromatic N) is 1. The highest BCUT2D eigenvalue weighted by Gasteiger charge is 2.23. The fourth-order valence-electron chi connectivity index (χ4n) is 4.47. The Morgan fingerprint density at radius 1 is 1.19 bits per heavy atom. The van der Waals surface area contributed by atoms with Crippen molar-refractivity contribution in [2.45, 2.75) is 50.9 Å². The van der Waals surface area contributed by atoms with E-state index in [1.807, 2.05) is 0 Å². The molecule has 27 heavy (non-hydrogen) atoms. The van der Waals surface area contributed by atoms with E-state index in [1.165, 1.54) is 47.9 Å². The molecule has 2 heterocycles. The Labute approximate surface area is 162 Å². The Balaban J connectivity index is 1.19. The first-order valence-corrected chi connectivity index (χ1v) is 10.5.